The van der Waals surface area contributed by atoms with Gasteiger partial charge in [-0.3, -0.25) is 14.5 Å². The van der Waals surface area contributed by atoms with E-state index in [4.69, 9.17) is 0 Å². The third-order valence-corrected chi connectivity index (χ3v) is 6.09. The molecule has 0 radical (unpaired) electrons. The van der Waals surface area contributed by atoms with Crippen LogP contribution in [-0.2, 0) is 16.1 Å². The molecule has 3 rings (SSSR count). The molecule has 2 saturated heterocycles. The molecule has 2 fully saturated rings. The van der Waals surface area contributed by atoms with Gasteiger partial charge >= 0.3 is 0 Å². The van der Waals surface area contributed by atoms with E-state index >= 15 is 0 Å². The Hall–Kier alpha value is -2.47. The van der Waals surface area contributed by atoms with Gasteiger partial charge in [0.25, 0.3) is 0 Å². The summed E-state index contributed by atoms with van der Waals surface area (Å²) in [6.45, 7) is 9.80. The lowest BCUT2D eigenvalue weighted by Gasteiger charge is -2.40. The molecule has 2 aliphatic rings. The van der Waals surface area contributed by atoms with Crippen LogP contribution in [0.5, 0.6) is 0 Å². The van der Waals surface area contributed by atoms with Gasteiger partial charge < -0.3 is 10.2 Å². The van der Waals surface area contributed by atoms with Gasteiger partial charge in [0, 0.05) is 37.3 Å². The summed E-state index contributed by atoms with van der Waals surface area (Å²) in [5, 5.41) is 2.85. The zero-order chi connectivity index (χ0) is 20.9. The van der Waals surface area contributed by atoms with Crippen molar-refractivity contribution in [3.63, 3.8) is 0 Å². The van der Waals surface area contributed by atoms with Crippen molar-refractivity contribution in [3.05, 3.63) is 61.0 Å². The minimum atomic E-state index is -0.596. The number of nitrogens with one attached hydrogen (secondary N) is 1. The van der Waals surface area contributed by atoms with Crippen molar-refractivity contribution in [1.82, 2.24) is 15.1 Å². The van der Waals surface area contributed by atoms with Gasteiger partial charge in [0.1, 0.15) is 5.82 Å². The van der Waals surface area contributed by atoms with Crippen LogP contribution in [0.2, 0.25) is 0 Å². The Balaban J connectivity index is 1.77. The molecule has 0 spiro atoms. The van der Waals surface area contributed by atoms with Gasteiger partial charge in [-0.25, -0.2) is 4.39 Å². The number of hydrogen-bond acceptors (Lipinski definition) is 3. The SMILES string of the molecule is C=CCC1(CC=C)CCCN1C(=O)C[C@H]1C(=O)NCCN1Cc1ccccc1F. The Kier molecular flexibility index (Phi) is 6.85. The monoisotopic (exact) mass is 399 g/mol. The lowest BCUT2D eigenvalue weighted by Crippen LogP contribution is -2.57. The standard InChI is InChI=1S/C23H30FN3O2/c1-3-10-23(11-4-2)12-7-14-27(23)21(28)16-20-22(29)25-13-15-26(20)17-18-8-5-6-9-19(18)24/h3-6,8-9,20H,1-2,7,10-17H2,(H,25,29)/t20-/m0/s1. The average molecular weight is 400 g/mol. The molecule has 1 aromatic rings. The summed E-state index contributed by atoms with van der Waals surface area (Å²) in [5.74, 6) is -0.496. The van der Waals surface area contributed by atoms with Crippen molar-refractivity contribution in [2.45, 2.75) is 50.2 Å². The van der Waals surface area contributed by atoms with E-state index in [1.54, 1.807) is 18.2 Å². The molecule has 2 heterocycles. The zero-order valence-corrected chi connectivity index (χ0v) is 16.9. The molecule has 0 bridgehead atoms. The number of likely N-dealkylation sites (tertiary alicyclic amines) is 1. The second-order valence-electron chi connectivity index (χ2n) is 7.93. The van der Waals surface area contributed by atoms with Crippen LogP contribution in [0, 0.1) is 5.82 Å². The summed E-state index contributed by atoms with van der Waals surface area (Å²) in [6.07, 6.45) is 7.06. The molecule has 0 unspecified atom stereocenters. The Morgan fingerprint density at radius 3 is 2.66 bits per heavy atom. The first kappa shape index (κ1) is 21.2. The summed E-state index contributed by atoms with van der Waals surface area (Å²) in [5.41, 5.74) is 0.246. The maximum absolute atomic E-state index is 14.1. The summed E-state index contributed by atoms with van der Waals surface area (Å²) in [7, 11) is 0. The van der Waals surface area contributed by atoms with Crippen LogP contribution >= 0.6 is 0 Å². The van der Waals surface area contributed by atoms with Gasteiger partial charge in [-0.1, -0.05) is 30.4 Å². The molecular weight excluding hydrogens is 369 g/mol. The molecule has 2 amide bonds. The highest BCUT2D eigenvalue weighted by Crippen LogP contribution is 2.37. The summed E-state index contributed by atoms with van der Waals surface area (Å²) in [4.78, 5) is 29.7. The quantitative estimate of drug-likeness (QED) is 0.684. The summed E-state index contributed by atoms with van der Waals surface area (Å²) in [6, 6.07) is 5.98. The minimum absolute atomic E-state index is 0.0354. The van der Waals surface area contributed by atoms with E-state index in [1.807, 2.05) is 22.0 Å². The number of hydrogen-bond donors (Lipinski definition) is 1. The van der Waals surface area contributed by atoms with E-state index in [2.05, 4.69) is 18.5 Å². The topological polar surface area (TPSA) is 52.7 Å². The fourth-order valence-electron chi connectivity index (χ4n) is 4.67. The molecule has 1 atom stereocenters. The number of nitrogens with zero attached hydrogens (tertiary/aromatic N) is 2. The molecule has 1 N–H and O–H groups in total. The molecular formula is C23H30FN3O2. The third kappa shape index (κ3) is 4.58. The minimum Gasteiger partial charge on any atom is -0.353 e. The number of halogens is 1. The molecule has 2 aliphatic heterocycles. The molecule has 0 saturated carbocycles. The number of carbonyl (C=O) groups excluding carboxylic acids is 2. The van der Waals surface area contributed by atoms with Crippen LogP contribution in [0.1, 0.15) is 37.7 Å². The van der Waals surface area contributed by atoms with Crippen LogP contribution in [0.25, 0.3) is 0 Å². The Bertz CT molecular complexity index is 769. The van der Waals surface area contributed by atoms with Crippen LogP contribution in [-0.4, -0.2) is 52.8 Å². The van der Waals surface area contributed by atoms with Gasteiger partial charge in [-0.05, 0) is 31.7 Å². The summed E-state index contributed by atoms with van der Waals surface area (Å²) < 4.78 is 14.1. The number of amides is 2. The molecule has 6 heteroatoms. The number of carbonyl (C=O) groups is 2. The molecule has 29 heavy (non-hydrogen) atoms. The van der Waals surface area contributed by atoms with E-state index in [1.165, 1.54) is 6.07 Å². The highest BCUT2D eigenvalue weighted by molar-refractivity contribution is 5.89. The second-order valence-corrected chi connectivity index (χ2v) is 7.93. The number of piperazine rings is 1. The maximum Gasteiger partial charge on any atom is 0.237 e. The molecule has 156 valence electrons. The van der Waals surface area contributed by atoms with Crippen molar-refractivity contribution in [1.29, 1.82) is 0 Å². The Labute approximate surface area is 172 Å². The highest BCUT2D eigenvalue weighted by Gasteiger charge is 2.43. The van der Waals surface area contributed by atoms with Crippen LogP contribution in [0.4, 0.5) is 4.39 Å². The van der Waals surface area contributed by atoms with Gasteiger partial charge in [0.05, 0.1) is 12.5 Å². The molecule has 5 nitrogen and oxygen atoms in total. The fourth-order valence-corrected chi connectivity index (χ4v) is 4.67. The van der Waals surface area contributed by atoms with E-state index in [0.29, 0.717) is 44.6 Å². The molecule has 0 aliphatic carbocycles. The largest absolute Gasteiger partial charge is 0.353 e. The van der Waals surface area contributed by atoms with Crippen molar-refractivity contribution < 1.29 is 14.0 Å². The van der Waals surface area contributed by atoms with Gasteiger partial charge in [-0.15, -0.1) is 13.2 Å². The van der Waals surface area contributed by atoms with Crippen molar-refractivity contribution >= 4 is 11.8 Å². The van der Waals surface area contributed by atoms with Crippen molar-refractivity contribution in [2.24, 2.45) is 0 Å². The predicted octanol–water partition coefficient (Wildman–Crippen LogP) is 3.03. The summed E-state index contributed by atoms with van der Waals surface area (Å²) >= 11 is 0. The van der Waals surface area contributed by atoms with E-state index < -0.39 is 6.04 Å². The first-order valence-corrected chi connectivity index (χ1v) is 10.3. The van der Waals surface area contributed by atoms with Crippen molar-refractivity contribution in [2.75, 3.05) is 19.6 Å². The van der Waals surface area contributed by atoms with E-state index in [0.717, 1.165) is 12.8 Å². The number of rotatable bonds is 8. The lowest BCUT2D eigenvalue weighted by atomic mass is 9.87. The average Bonchev–Trinajstić information content (AvgIpc) is 3.10. The van der Waals surface area contributed by atoms with E-state index in [9.17, 15) is 14.0 Å². The second kappa shape index (κ2) is 9.35. The van der Waals surface area contributed by atoms with Gasteiger partial charge in [-0.2, -0.15) is 0 Å². The first-order chi connectivity index (χ1) is 14.0. The Morgan fingerprint density at radius 2 is 1.97 bits per heavy atom. The number of benzene rings is 1. The first-order valence-electron chi connectivity index (χ1n) is 10.3. The predicted molar refractivity (Wildman–Crippen MR) is 112 cm³/mol. The smallest absolute Gasteiger partial charge is 0.237 e. The normalized spacial score (nSPS) is 21.6. The third-order valence-electron chi connectivity index (χ3n) is 6.09. The van der Waals surface area contributed by atoms with E-state index in [-0.39, 0.29) is 29.6 Å². The highest BCUT2D eigenvalue weighted by atomic mass is 19.1. The van der Waals surface area contributed by atoms with Crippen LogP contribution < -0.4 is 5.32 Å². The molecule has 0 aromatic heterocycles. The van der Waals surface area contributed by atoms with Crippen molar-refractivity contribution in [3.8, 4) is 0 Å². The van der Waals surface area contributed by atoms with Gasteiger partial charge in [0.15, 0.2) is 0 Å². The molecule has 1 aromatic carbocycles. The lowest BCUT2D eigenvalue weighted by molar-refractivity contribution is -0.141. The van der Waals surface area contributed by atoms with Crippen LogP contribution in [0.15, 0.2) is 49.6 Å². The maximum atomic E-state index is 14.1. The fraction of sp³-hybridized carbons (Fsp3) is 0.478. The zero-order valence-electron chi connectivity index (χ0n) is 16.9. The Morgan fingerprint density at radius 1 is 1.24 bits per heavy atom. The van der Waals surface area contributed by atoms with Gasteiger partial charge in [0.2, 0.25) is 11.8 Å². The van der Waals surface area contributed by atoms with Crippen LogP contribution in [0.3, 0.4) is 0 Å².